The van der Waals surface area contributed by atoms with E-state index in [1.807, 2.05) is 0 Å². The zero-order valence-electron chi connectivity index (χ0n) is 9.24. The number of amidine groups is 1. The zero-order chi connectivity index (χ0) is 12.8. The van der Waals surface area contributed by atoms with E-state index in [0.29, 0.717) is 22.9 Å². The Morgan fingerprint density at radius 3 is 2.76 bits per heavy atom. The van der Waals surface area contributed by atoms with Crippen molar-refractivity contribution < 1.29 is 9.53 Å². The second kappa shape index (κ2) is 6.47. The summed E-state index contributed by atoms with van der Waals surface area (Å²) in [5, 5.41) is 0.386. The van der Waals surface area contributed by atoms with Gasteiger partial charge in [0.25, 0.3) is 0 Å². The number of esters is 1. The van der Waals surface area contributed by atoms with Gasteiger partial charge >= 0.3 is 5.97 Å². The van der Waals surface area contributed by atoms with E-state index in [0.717, 1.165) is 0 Å². The lowest BCUT2D eigenvalue weighted by Gasteiger charge is -2.04. The molecular weight excluding hydrogens is 263 g/mol. The van der Waals surface area contributed by atoms with Gasteiger partial charge < -0.3 is 10.5 Å². The highest BCUT2D eigenvalue weighted by atomic mass is 35.5. The number of ether oxygens (including phenoxy) is 1. The minimum Gasteiger partial charge on any atom is -0.462 e. The summed E-state index contributed by atoms with van der Waals surface area (Å²) in [6.07, 6.45) is 0. The van der Waals surface area contributed by atoms with Crippen LogP contribution >= 0.6 is 23.2 Å². The highest BCUT2D eigenvalue weighted by Crippen LogP contribution is 2.22. The number of carbonyl (C=O) groups is 1. The fraction of sp³-hybridized carbons (Fsp3) is 0.273. The van der Waals surface area contributed by atoms with Crippen molar-refractivity contribution in [3.8, 4) is 0 Å². The molecule has 0 amide bonds. The number of alkyl halides is 1. The molecule has 1 aromatic carbocycles. The van der Waals surface area contributed by atoms with E-state index in [1.54, 1.807) is 19.1 Å². The fourth-order valence-electron chi connectivity index (χ4n) is 1.17. The second-order valence-electron chi connectivity index (χ2n) is 3.16. The molecule has 0 heterocycles. The molecule has 4 nitrogen and oxygen atoms in total. The molecule has 0 unspecified atom stereocenters. The number of benzene rings is 1. The largest absolute Gasteiger partial charge is 0.462 e. The van der Waals surface area contributed by atoms with Gasteiger partial charge in [0.2, 0.25) is 0 Å². The van der Waals surface area contributed by atoms with Crippen LogP contribution in [0.1, 0.15) is 17.3 Å². The first-order valence-electron chi connectivity index (χ1n) is 4.93. The Morgan fingerprint density at radius 1 is 1.47 bits per heavy atom. The molecule has 0 aliphatic heterocycles. The van der Waals surface area contributed by atoms with Gasteiger partial charge in [0, 0.05) is 5.02 Å². The Hall–Kier alpha value is -1.26. The molecule has 6 heteroatoms. The Balaban J connectivity index is 3.06. The van der Waals surface area contributed by atoms with Crippen molar-refractivity contribution in [3.05, 3.63) is 28.8 Å². The lowest BCUT2D eigenvalue weighted by Crippen LogP contribution is -2.12. The molecule has 0 saturated carbocycles. The highest BCUT2D eigenvalue weighted by molar-refractivity contribution is 6.31. The maximum atomic E-state index is 11.5. The molecule has 0 aromatic heterocycles. The van der Waals surface area contributed by atoms with Crippen LogP contribution in [0.3, 0.4) is 0 Å². The van der Waals surface area contributed by atoms with Gasteiger partial charge in [-0.2, -0.15) is 0 Å². The monoisotopic (exact) mass is 274 g/mol. The van der Waals surface area contributed by atoms with Crippen LogP contribution in [0.25, 0.3) is 0 Å². The first-order valence-corrected chi connectivity index (χ1v) is 5.84. The van der Waals surface area contributed by atoms with Gasteiger partial charge in [-0.25, -0.2) is 9.79 Å². The van der Waals surface area contributed by atoms with E-state index in [1.165, 1.54) is 6.07 Å². The number of nitrogens with two attached hydrogens (primary N) is 1. The summed E-state index contributed by atoms with van der Waals surface area (Å²) in [7, 11) is 0. The van der Waals surface area contributed by atoms with Crippen LogP contribution < -0.4 is 5.73 Å². The highest BCUT2D eigenvalue weighted by Gasteiger charge is 2.09. The van der Waals surface area contributed by atoms with Crippen LogP contribution in [0.2, 0.25) is 5.02 Å². The third-order valence-electron chi connectivity index (χ3n) is 1.80. The second-order valence-corrected chi connectivity index (χ2v) is 3.86. The summed E-state index contributed by atoms with van der Waals surface area (Å²) in [6, 6.07) is 4.64. The van der Waals surface area contributed by atoms with Crippen LogP contribution in [-0.2, 0) is 4.74 Å². The Bertz CT molecular complexity index is 447. The maximum Gasteiger partial charge on any atom is 0.338 e. The molecule has 0 fully saturated rings. The minimum absolute atomic E-state index is 0.112. The summed E-state index contributed by atoms with van der Waals surface area (Å²) in [5.41, 5.74) is 6.30. The molecule has 1 aromatic rings. The van der Waals surface area contributed by atoms with Gasteiger partial charge in [0.15, 0.2) is 0 Å². The van der Waals surface area contributed by atoms with E-state index in [9.17, 15) is 4.79 Å². The van der Waals surface area contributed by atoms with Crippen molar-refractivity contribution in [1.82, 2.24) is 0 Å². The summed E-state index contributed by atoms with van der Waals surface area (Å²) in [6.45, 7) is 2.03. The van der Waals surface area contributed by atoms with E-state index in [2.05, 4.69) is 4.99 Å². The van der Waals surface area contributed by atoms with Gasteiger partial charge in [0.1, 0.15) is 5.84 Å². The molecule has 0 radical (unpaired) electrons. The smallest absolute Gasteiger partial charge is 0.338 e. The zero-order valence-corrected chi connectivity index (χ0v) is 10.8. The van der Waals surface area contributed by atoms with E-state index in [4.69, 9.17) is 33.7 Å². The number of halogens is 2. The molecule has 0 bridgehead atoms. The standard InChI is InChI=1S/C11H12Cl2N2O2/c1-2-17-11(16)7-3-8(13)5-9(4-7)15-10(14)6-12/h3-5H,2,6H2,1H3,(H2,14,15). The number of carbonyl (C=O) groups excluding carboxylic acids is 1. The first-order chi connectivity index (χ1) is 8.06. The molecule has 17 heavy (non-hydrogen) atoms. The van der Waals surface area contributed by atoms with Gasteiger partial charge in [-0.15, -0.1) is 11.6 Å². The van der Waals surface area contributed by atoms with Gasteiger partial charge in [-0.1, -0.05) is 11.6 Å². The van der Waals surface area contributed by atoms with E-state index >= 15 is 0 Å². The van der Waals surface area contributed by atoms with Crippen molar-refractivity contribution in [2.24, 2.45) is 10.7 Å². The number of rotatable bonds is 4. The van der Waals surface area contributed by atoms with Crippen LogP contribution in [0.15, 0.2) is 23.2 Å². The van der Waals surface area contributed by atoms with Crippen LogP contribution in [-0.4, -0.2) is 24.3 Å². The van der Waals surface area contributed by atoms with Crippen molar-refractivity contribution >= 4 is 40.7 Å². The van der Waals surface area contributed by atoms with Crippen molar-refractivity contribution in [2.75, 3.05) is 12.5 Å². The number of hydrogen-bond acceptors (Lipinski definition) is 3. The molecule has 0 saturated heterocycles. The summed E-state index contributed by atoms with van der Waals surface area (Å²) < 4.78 is 4.87. The lowest BCUT2D eigenvalue weighted by atomic mass is 10.2. The molecule has 92 valence electrons. The normalized spacial score (nSPS) is 11.4. The molecule has 0 aliphatic rings. The minimum atomic E-state index is -0.448. The van der Waals surface area contributed by atoms with Crippen molar-refractivity contribution in [3.63, 3.8) is 0 Å². The predicted molar refractivity (Wildman–Crippen MR) is 69.4 cm³/mol. The van der Waals surface area contributed by atoms with Crippen LogP contribution in [0.5, 0.6) is 0 Å². The van der Waals surface area contributed by atoms with E-state index < -0.39 is 5.97 Å². The lowest BCUT2D eigenvalue weighted by molar-refractivity contribution is 0.0526. The molecule has 0 atom stereocenters. The van der Waals surface area contributed by atoms with E-state index in [-0.39, 0.29) is 11.7 Å². The molecule has 1 rings (SSSR count). The number of aliphatic imine (C=N–C) groups is 1. The number of nitrogens with zero attached hydrogens (tertiary/aromatic N) is 1. The quantitative estimate of drug-likeness (QED) is 0.397. The maximum absolute atomic E-state index is 11.5. The predicted octanol–water partition coefficient (Wildman–Crippen LogP) is 2.74. The average Bonchev–Trinajstić information content (AvgIpc) is 2.28. The van der Waals surface area contributed by atoms with Gasteiger partial charge in [-0.05, 0) is 25.1 Å². The van der Waals surface area contributed by atoms with Crippen molar-refractivity contribution in [1.29, 1.82) is 0 Å². The Kier molecular flexibility index (Phi) is 5.25. The van der Waals surface area contributed by atoms with Gasteiger partial charge in [0.05, 0.1) is 23.7 Å². The number of hydrogen-bond donors (Lipinski definition) is 1. The SMILES string of the molecule is CCOC(=O)c1cc(Cl)cc(N=C(N)CCl)c1. The first kappa shape index (κ1) is 13.8. The van der Waals surface area contributed by atoms with Crippen molar-refractivity contribution in [2.45, 2.75) is 6.92 Å². The van der Waals surface area contributed by atoms with Gasteiger partial charge in [-0.3, -0.25) is 0 Å². The molecule has 0 aliphatic carbocycles. The topological polar surface area (TPSA) is 64.7 Å². The fourth-order valence-corrected chi connectivity index (χ4v) is 1.46. The Morgan fingerprint density at radius 2 is 2.18 bits per heavy atom. The van der Waals surface area contributed by atoms with Crippen LogP contribution in [0, 0.1) is 0 Å². The van der Waals surface area contributed by atoms with Crippen LogP contribution in [0.4, 0.5) is 5.69 Å². The Labute approximate surface area is 109 Å². The summed E-state index contributed by atoms with van der Waals surface area (Å²) in [5.74, 6) is -0.0824. The molecule has 0 spiro atoms. The summed E-state index contributed by atoms with van der Waals surface area (Å²) in [4.78, 5) is 15.5. The third-order valence-corrected chi connectivity index (χ3v) is 2.30. The molecule has 2 N–H and O–H groups in total. The third kappa shape index (κ3) is 4.24. The summed E-state index contributed by atoms with van der Waals surface area (Å²) >= 11 is 11.4. The average molecular weight is 275 g/mol. The molecular formula is C11H12Cl2N2O2.